The average Bonchev–Trinajstić information content (AvgIpc) is 3.25. The molecule has 0 bridgehead atoms. The number of hydrogen-bond donors (Lipinski definition) is 1. The predicted octanol–water partition coefficient (Wildman–Crippen LogP) is 2.84. The van der Waals surface area contributed by atoms with Crippen LogP contribution in [0.2, 0.25) is 0 Å². The highest BCUT2D eigenvalue weighted by Crippen LogP contribution is 2.31. The lowest BCUT2D eigenvalue weighted by atomic mass is 10.0. The fourth-order valence-electron chi connectivity index (χ4n) is 4.17. The van der Waals surface area contributed by atoms with Gasteiger partial charge in [-0.2, -0.15) is 0 Å². The minimum absolute atomic E-state index is 0.652. The van der Waals surface area contributed by atoms with Gasteiger partial charge in [-0.15, -0.1) is 0 Å². The largest absolute Gasteiger partial charge is 0.493 e. The third-order valence-corrected chi connectivity index (χ3v) is 5.90. The van der Waals surface area contributed by atoms with E-state index in [0.717, 1.165) is 55.5 Å². The summed E-state index contributed by atoms with van der Waals surface area (Å²) in [4.78, 5) is 9.12. The fraction of sp³-hybridized carbons (Fsp3) is 0.375. The van der Waals surface area contributed by atoms with Gasteiger partial charge in [-0.3, -0.25) is 4.90 Å². The molecule has 0 saturated carbocycles. The maximum atomic E-state index is 11.0. The molecule has 4 rings (SSSR count). The Balaban J connectivity index is 1.43. The number of benzene rings is 2. The molecule has 0 radical (unpaired) electrons. The maximum absolute atomic E-state index is 11.0. The van der Waals surface area contributed by atoms with Gasteiger partial charge in [-0.05, 0) is 23.8 Å². The number of nitrogens with zero attached hydrogens (tertiary/aromatic N) is 4. The van der Waals surface area contributed by atoms with Crippen molar-refractivity contribution >= 4 is 5.69 Å². The van der Waals surface area contributed by atoms with Crippen LogP contribution in [0, 0.1) is 0 Å². The van der Waals surface area contributed by atoms with Crippen molar-refractivity contribution in [3.8, 4) is 11.5 Å². The summed E-state index contributed by atoms with van der Waals surface area (Å²) in [7, 11) is 5.22. The van der Waals surface area contributed by atoms with Crippen molar-refractivity contribution in [2.75, 3.05) is 45.3 Å². The van der Waals surface area contributed by atoms with Crippen molar-refractivity contribution in [3.05, 3.63) is 71.8 Å². The quantitative estimate of drug-likeness (QED) is 0.632. The molecule has 3 aromatic rings. The molecule has 1 N–H and O–H groups in total. The van der Waals surface area contributed by atoms with Gasteiger partial charge in [0.25, 0.3) is 0 Å². The zero-order chi connectivity index (χ0) is 21.8. The molecule has 2 heterocycles. The molecule has 1 unspecified atom stereocenters. The smallest absolute Gasteiger partial charge is 0.161 e. The monoisotopic (exact) mass is 422 g/mol. The summed E-state index contributed by atoms with van der Waals surface area (Å²) in [6.45, 7) is 4.56. The number of hydrogen-bond acceptors (Lipinski definition) is 6. The Bertz CT molecular complexity index is 1010. The number of methoxy groups -OCH3 is 2. The highest BCUT2D eigenvalue weighted by atomic mass is 16.5. The molecular formula is C24H30N4O3. The van der Waals surface area contributed by atoms with E-state index < -0.39 is 6.10 Å². The Morgan fingerprint density at radius 2 is 1.74 bits per heavy atom. The van der Waals surface area contributed by atoms with Crippen LogP contribution in [0.1, 0.15) is 23.1 Å². The average molecular weight is 423 g/mol. The van der Waals surface area contributed by atoms with E-state index in [4.69, 9.17) is 9.47 Å². The second-order valence-electron chi connectivity index (χ2n) is 7.81. The number of ether oxygens (including phenoxy) is 2. The molecule has 2 aromatic carbocycles. The lowest BCUT2D eigenvalue weighted by Crippen LogP contribution is -2.46. The van der Waals surface area contributed by atoms with Gasteiger partial charge in [0.05, 0.1) is 14.2 Å². The van der Waals surface area contributed by atoms with Crippen molar-refractivity contribution in [1.29, 1.82) is 0 Å². The Morgan fingerprint density at radius 3 is 2.42 bits per heavy atom. The van der Waals surface area contributed by atoms with E-state index in [9.17, 15) is 5.11 Å². The van der Waals surface area contributed by atoms with Crippen LogP contribution in [0.4, 0.5) is 5.69 Å². The van der Waals surface area contributed by atoms with E-state index in [1.54, 1.807) is 20.4 Å². The summed E-state index contributed by atoms with van der Waals surface area (Å²) in [5.41, 5.74) is 3.17. The number of aliphatic hydroxyl groups excluding tert-OH is 1. The van der Waals surface area contributed by atoms with Crippen molar-refractivity contribution in [3.63, 3.8) is 0 Å². The summed E-state index contributed by atoms with van der Waals surface area (Å²) in [5, 5.41) is 11.0. The first-order valence-electron chi connectivity index (χ1n) is 10.5. The lowest BCUT2D eigenvalue weighted by Gasteiger charge is -2.37. The molecule has 1 saturated heterocycles. The molecule has 31 heavy (non-hydrogen) atoms. The van der Waals surface area contributed by atoms with E-state index in [1.807, 2.05) is 48.1 Å². The SMILES string of the molecule is COc1ccc(CN2CCN(c3ccccc3C(O)c3nccn3C)CC2)cc1OC. The molecule has 0 amide bonds. The molecule has 0 spiro atoms. The number of imidazole rings is 1. The van der Waals surface area contributed by atoms with E-state index in [2.05, 4.69) is 26.9 Å². The van der Waals surface area contributed by atoms with Gasteiger partial charge in [0, 0.05) is 63.4 Å². The van der Waals surface area contributed by atoms with Gasteiger partial charge >= 0.3 is 0 Å². The number of para-hydroxylation sites is 1. The number of aromatic nitrogens is 2. The Labute approximate surface area is 183 Å². The van der Waals surface area contributed by atoms with Crippen LogP contribution in [0.25, 0.3) is 0 Å². The molecule has 1 atom stereocenters. The maximum Gasteiger partial charge on any atom is 0.161 e. The van der Waals surface area contributed by atoms with Crippen molar-refractivity contribution in [2.24, 2.45) is 7.05 Å². The zero-order valence-corrected chi connectivity index (χ0v) is 18.4. The molecule has 0 aliphatic carbocycles. The van der Waals surface area contributed by atoms with Crippen molar-refractivity contribution in [1.82, 2.24) is 14.5 Å². The number of rotatable bonds is 7. The molecule has 1 fully saturated rings. The number of aryl methyl sites for hydroxylation is 1. The summed E-state index contributed by atoms with van der Waals surface area (Å²) in [6, 6.07) is 14.2. The van der Waals surface area contributed by atoms with Crippen LogP contribution in [0.5, 0.6) is 11.5 Å². The summed E-state index contributed by atoms with van der Waals surface area (Å²) in [6.07, 6.45) is 2.82. The zero-order valence-electron chi connectivity index (χ0n) is 18.4. The number of anilines is 1. The van der Waals surface area contributed by atoms with Gasteiger partial charge in [0.1, 0.15) is 11.9 Å². The van der Waals surface area contributed by atoms with Gasteiger partial charge in [0.15, 0.2) is 11.5 Å². The molecule has 7 nitrogen and oxygen atoms in total. The molecule has 1 aliphatic rings. The summed E-state index contributed by atoms with van der Waals surface area (Å²) >= 11 is 0. The van der Waals surface area contributed by atoms with Crippen molar-refractivity contribution in [2.45, 2.75) is 12.6 Å². The molecule has 164 valence electrons. The number of aliphatic hydroxyl groups is 1. The van der Waals surface area contributed by atoms with Crippen LogP contribution in [-0.2, 0) is 13.6 Å². The van der Waals surface area contributed by atoms with Gasteiger partial charge in [-0.1, -0.05) is 24.3 Å². The Hall–Kier alpha value is -3.03. The topological polar surface area (TPSA) is 63.0 Å². The first-order chi connectivity index (χ1) is 15.1. The van der Waals surface area contributed by atoms with E-state index in [0.29, 0.717) is 5.82 Å². The van der Waals surface area contributed by atoms with Gasteiger partial charge in [0.2, 0.25) is 0 Å². The second kappa shape index (κ2) is 9.41. The van der Waals surface area contributed by atoms with Gasteiger partial charge < -0.3 is 24.0 Å². The third kappa shape index (κ3) is 4.52. The van der Waals surface area contributed by atoms with Crippen LogP contribution >= 0.6 is 0 Å². The minimum atomic E-state index is -0.749. The number of piperazine rings is 1. The van der Waals surface area contributed by atoms with E-state index in [1.165, 1.54) is 5.56 Å². The molecule has 1 aromatic heterocycles. The molecule has 7 heteroatoms. The van der Waals surface area contributed by atoms with Crippen LogP contribution in [-0.4, -0.2) is 60.0 Å². The first kappa shape index (κ1) is 21.2. The minimum Gasteiger partial charge on any atom is -0.493 e. The molecular weight excluding hydrogens is 392 g/mol. The molecule has 1 aliphatic heterocycles. The van der Waals surface area contributed by atoms with Crippen LogP contribution in [0.15, 0.2) is 54.9 Å². The third-order valence-electron chi connectivity index (χ3n) is 5.90. The van der Waals surface area contributed by atoms with Crippen molar-refractivity contribution < 1.29 is 14.6 Å². The van der Waals surface area contributed by atoms with Crippen LogP contribution in [0.3, 0.4) is 0 Å². The standard InChI is InChI=1S/C24H30N4O3/c1-26-11-10-25-24(26)23(29)19-6-4-5-7-20(19)28-14-12-27(13-15-28)17-18-8-9-21(30-2)22(16-18)31-3/h4-11,16,23,29H,12-15,17H2,1-3H3. The van der Waals surface area contributed by atoms with E-state index >= 15 is 0 Å². The van der Waals surface area contributed by atoms with Crippen LogP contribution < -0.4 is 14.4 Å². The van der Waals surface area contributed by atoms with E-state index in [-0.39, 0.29) is 0 Å². The Kier molecular flexibility index (Phi) is 6.44. The predicted molar refractivity (Wildman–Crippen MR) is 121 cm³/mol. The normalized spacial score (nSPS) is 15.7. The highest BCUT2D eigenvalue weighted by molar-refractivity contribution is 5.56. The lowest BCUT2D eigenvalue weighted by molar-refractivity contribution is 0.205. The fourth-order valence-corrected chi connectivity index (χ4v) is 4.17. The second-order valence-corrected chi connectivity index (χ2v) is 7.81. The first-order valence-corrected chi connectivity index (χ1v) is 10.5. The summed E-state index contributed by atoms with van der Waals surface area (Å²) < 4.78 is 12.6. The van der Waals surface area contributed by atoms with Gasteiger partial charge in [-0.25, -0.2) is 4.98 Å². The highest BCUT2D eigenvalue weighted by Gasteiger charge is 2.24. The Morgan fingerprint density at radius 1 is 1.00 bits per heavy atom. The summed E-state index contributed by atoms with van der Waals surface area (Å²) in [5.74, 6) is 2.16.